The zero-order valence-electron chi connectivity index (χ0n) is 16.0. The number of benzene rings is 1. The van der Waals surface area contributed by atoms with Gasteiger partial charge in [0.15, 0.2) is 0 Å². The van der Waals surface area contributed by atoms with Crippen molar-refractivity contribution >= 4 is 6.03 Å². The fraction of sp³-hybridized carbons (Fsp3) is 0.455. The second-order valence-corrected chi connectivity index (χ2v) is 7.52. The van der Waals surface area contributed by atoms with E-state index in [0.717, 1.165) is 11.1 Å². The summed E-state index contributed by atoms with van der Waals surface area (Å²) in [5, 5.41) is 12.7. The topological polar surface area (TPSA) is 65.5 Å². The van der Waals surface area contributed by atoms with Crippen LogP contribution in [0.15, 0.2) is 48.8 Å². The third-order valence-electron chi connectivity index (χ3n) is 5.40. The van der Waals surface area contributed by atoms with E-state index >= 15 is 0 Å². The standard InChI is InChI=1S/C22H29N3O2/c1-17(20-7-3-2-4-8-20)24-22(27)25(16-19-6-5-13-23-14-19)15-18-9-11-21(26)12-10-18/h5-6,9-14,17,20,26H,2-4,7-8,15-16H2,1H3,(H,24,27)/t17-/m1/s1. The smallest absolute Gasteiger partial charge is 0.318 e. The second-order valence-electron chi connectivity index (χ2n) is 7.52. The lowest BCUT2D eigenvalue weighted by atomic mass is 9.84. The SMILES string of the molecule is C[C@@H](NC(=O)N(Cc1ccc(O)cc1)Cc1cccnc1)C1CCCCC1. The van der Waals surface area contributed by atoms with Gasteiger partial charge in [0.1, 0.15) is 5.75 Å². The van der Waals surface area contributed by atoms with E-state index in [-0.39, 0.29) is 17.8 Å². The van der Waals surface area contributed by atoms with Crippen LogP contribution in [0.1, 0.15) is 50.2 Å². The third kappa shape index (κ3) is 5.71. The number of aromatic hydroxyl groups is 1. The second kappa shape index (κ2) is 9.40. The Hall–Kier alpha value is -2.56. The summed E-state index contributed by atoms with van der Waals surface area (Å²) in [5.74, 6) is 0.796. The van der Waals surface area contributed by atoms with Gasteiger partial charge >= 0.3 is 6.03 Å². The van der Waals surface area contributed by atoms with Crippen LogP contribution >= 0.6 is 0 Å². The van der Waals surface area contributed by atoms with Gasteiger partial charge in [-0.05, 0) is 55.0 Å². The number of phenolic OH excluding ortho intramolecular Hbond substituents is 1. The van der Waals surface area contributed by atoms with Gasteiger partial charge < -0.3 is 15.3 Å². The Balaban J connectivity index is 1.69. The zero-order valence-corrected chi connectivity index (χ0v) is 16.0. The Morgan fingerprint density at radius 2 is 1.85 bits per heavy atom. The predicted molar refractivity (Wildman–Crippen MR) is 106 cm³/mol. The first-order chi connectivity index (χ1) is 13.1. The zero-order chi connectivity index (χ0) is 19.1. The summed E-state index contributed by atoms with van der Waals surface area (Å²) in [5.41, 5.74) is 1.98. The van der Waals surface area contributed by atoms with Crippen LogP contribution in [0.3, 0.4) is 0 Å². The van der Waals surface area contributed by atoms with Crippen molar-refractivity contribution in [3.8, 4) is 5.75 Å². The summed E-state index contributed by atoms with van der Waals surface area (Å²) < 4.78 is 0. The minimum atomic E-state index is -0.0509. The monoisotopic (exact) mass is 367 g/mol. The molecule has 5 heteroatoms. The van der Waals surface area contributed by atoms with E-state index in [4.69, 9.17) is 0 Å². The predicted octanol–water partition coefficient (Wildman–Crippen LogP) is 4.47. The van der Waals surface area contributed by atoms with Crippen LogP contribution in [-0.2, 0) is 13.1 Å². The van der Waals surface area contributed by atoms with Gasteiger partial charge in [-0.3, -0.25) is 4.98 Å². The van der Waals surface area contributed by atoms with Crippen LogP contribution in [0.5, 0.6) is 5.75 Å². The number of rotatable bonds is 6. The minimum absolute atomic E-state index is 0.0509. The molecular weight excluding hydrogens is 338 g/mol. The summed E-state index contributed by atoms with van der Waals surface area (Å²) in [4.78, 5) is 19.0. The molecule has 0 radical (unpaired) electrons. The van der Waals surface area contributed by atoms with E-state index in [9.17, 15) is 9.90 Å². The molecule has 1 fully saturated rings. The maximum Gasteiger partial charge on any atom is 0.318 e. The van der Waals surface area contributed by atoms with Gasteiger partial charge in [0.2, 0.25) is 0 Å². The fourth-order valence-corrected chi connectivity index (χ4v) is 3.77. The molecule has 0 saturated heterocycles. The van der Waals surface area contributed by atoms with E-state index in [1.54, 1.807) is 24.5 Å². The molecule has 1 heterocycles. The number of nitrogens with one attached hydrogen (secondary N) is 1. The average molecular weight is 367 g/mol. The molecule has 0 unspecified atom stereocenters. The molecule has 1 aromatic carbocycles. The van der Waals surface area contributed by atoms with Crippen LogP contribution in [-0.4, -0.2) is 27.1 Å². The lowest BCUT2D eigenvalue weighted by Crippen LogP contribution is -2.46. The molecule has 1 saturated carbocycles. The molecule has 1 aliphatic rings. The molecule has 1 atom stereocenters. The number of phenols is 1. The van der Waals surface area contributed by atoms with Gasteiger partial charge in [-0.1, -0.05) is 37.5 Å². The van der Waals surface area contributed by atoms with Crippen molar-refractivity contribution in [1.29, 1.82) is 0 Å². The van der Waals surface area contributed by atoms with Gasteiger partial charge in [-0.15, -0.1) is 0 Å². The van der Waals surface area contributed by atoms with Gasteiger partial charge in [0, 0.05) is 31.5 Å². The van der Waals surface area contributed by atoms with Crippen LogP contribution in [0.25, 0.3) is 0 Å². The van der Waals surface area contributed by atoms with Crippen molar-refractivity contribution < 1.29 is 9.90 Å². The molecular formula is C22H29N3O2. The Labute approximate surface area is 161 Å². The lowest BCUT2D eigenvalue weighted by molar-refractivity contribution is 0.180. The fourth-order valence-electron chi connectivity index (χ4n) is 3.77. The van der Waals surface area contributed by atoms with E-state index in [1.165, 1.54) is 32.1 Å². The highest BCUT2D eigenvalue weighted by atomic mass is 16.3. The number of urea groups is 1. The number of aromatic nitrogens is 1. The molecule has 1 aliphatic carbocycles. The van der Waals surface area contributed by atoms with Crippen molar-refractivity contribution in [3.63, 3.8) is 0 Å². The largest absolute Gasteiger partial charge is 0.508 e. The molecule has 0 spiro atoms. The van der Waals surface area contributed by atoms with E-state index in [1.807, 2.05) is 29.2 Å². The van der Waals surface area contributed by atoms with Crippen LogP contribution < -0.4 is 5.32 Å². The Kier molecular flexibility index (Phi) is 6.69. The maximum absolute atomic E-state index is 13.0. The van der Waals surface area contributed by atoms with Crippen molar-refractivity contribution in [2.24, 2.45) is 5.92 Å². The number of hydrogen-bond acceptors (Lipinski definition) is 3. The molecule has 0 bridgehead atoms. The number of nitrogens with zero attached hydrogens (tertiary/aromatic N) is 2. The molecule has 144 valence electrons. The van der Waals surface area contributed by atoms with Crippen molar-refractivity contribution in [1.82, 2.24) is 15.2 Å². The van der Waals surface area contributed by atoms with Crippen molar-refractivity contribution in [2.75, 3.05) is 0 Å². The maximum atomic E-state index is 13.0. The highest BCUT2D eigenvalue weighted by Crippen LogP contribution is 2.26. The molecule has 3 rings (SSSR count). The first-order valence-electron chi connectivity index (χ1n) is 9.84. The Bertz CT molecular complexity index is 712. The lowest BCUT2D eigenvalue weighted by Gasteiger charge is -2.31. The van der Waals surface area contributed by atoms with Crippen molar-refractivity contribution in [2.45, 2.75) is 58.2 Å². The summed E-state index contributed by atoms with van der Waals surface area (Å²) in [6, 6.07) is 11.0. The summed E-state index contributed by atoms with van der Waals surface area (Å²) in [6.07, 6.45) is 9.76. The van der Waals surface area contributed by atoms with Crippen molar-refractivity contribution in [3.05, 3.63) is 59.9 Å². The minimum Gasteiger partial charge on any atom is -0.508 e. The van der Waals surface area contributed by atoms with Crippen LogP contribution in [0, 0.1) is 5.92 Å². The van der Waals surface area contributed by atoms with E-state index in [0.29, 0.717) is 19.0 Å². The van der Waals surface area contributed by atoms with Crippen LogP contribution in [0.4, 0.5) is 4.79 Å². The van der Waals surface area contributed by atoms with E-state index in [2.05, 4.69) is 17.2 Å². The van der Waals surface area contributed by atoms with E-state index < -0.39 is 0 Å². The van der Waals surface area contributed by atoms with Gasteiger partial charge in [0.05, 0.1) is 0 Å². The molecule has 2 amide bonds. The molecule has 0 aliphatic heterocycles. The summed E-state index contributed by atoms with van der Waals surface area (Å²) in [6.45, 7) is 3.10. The number of carbonyl (C=O) groups excluding carboxylic acids is 1. The number of amides is 2. The Morgan fingerprint density at radius 1 is 1.15 bits per heavy atom. The number of carbonyl (C=O) groups is 1. The Morgan fingerprint density at radius 3 is 2.52 bits per heavy atom. The average Bonchev–Trinajstić information content (AvgIpc) is 2.70. The molecule has 2 N–H and O–H groups in total. The quantitative estimate of drug-likeness (QED) is 0.792. The van der Waals surface area contributed by atoms with Gasteiger partial charge in [-0.25, -0.2) is 4.79 Å². The highest BCUT2D eigenvalue weighted by molar-refractivity contribution is 5.74. The molecule has 5 nitrogen and oxygen atoms in total. The molecule has 27 heavy (non-hydrogen) atoms. The third-order valence-corrected chi connectivity index (χ3v) is 5.40. The van der Waals surface area contributed by atoms with Crippen LogP contribution in [0.2, 0.25) is 0 Å². The van der Waals surface area contributed by atoms with Gasteiger partial charge in [-0.2, -0.15) is 0 Å². The summed E-state index contributed by atoms with van der Waals surface area (Å²) >= 11 is 0. The first kappa shape index (κ1) is 19.2. The first-order valence-corrected chi connectivity index (χ1v) is 9.84. The number of hydrogen-bond donors (Lipinski definition) is 2. The molecule has 2 aromatic rings. The van der Waals surface area contributed by atoms with Gasteiger partial charge in [0.25, 0.3) is 0 Å². The normalized spacial score (nSPS) is 15.9. The summed E-state index contributed by atoms with van der Waals surface area (Å²) in [7, 11) is 0. The highest BCUT2D eigenvalue weighted by Gasteiger charge is 2.24. The number of pyridine rings is 1. The molecule has 1 aromatic heterocycles.